The average molecular weight is 343 g/mol. The molecule has 3 rings (SSSR count). The number of H-pyrrole nitrogens is 1. The second-order valence-electron chi connectivity index (χ2n) is 6.19. The fourth-order valence-electron chi connectivity index (χ4n) is 3.04. The fourth-order valence-corrected chi connectivity index (χ4v) is 3.04. The maximum atomic E-state index is 12.2. The number of fused-ring (bicyclic) bond motifs is 1. The van der Waals surface area contributed by atoms with Crippen molar-refractivity contribution in [3.63, 3.8) is 0 Å². The van der Waals surface area contributed by atoms with E-state index in [9.17, 15) is 14.4 Å². The van der Waals surface area contributed by atoms with Crippen LogP contribution in [0.15, 0.2) is 22.0 Å². The molecule has 25 heavy (non-hydrogen) atoms. The van der Waals surface area contributed by atoms with E-state index < -0.39 is 11.2 Å². The second-order valence-corrected chi connectivity index (χ2v) is 6.19. The van der Waals surface area contributed by atoms with Crippen LogP contribution in [-0.4, -0.2) is 27.0 Å². The molecule has 1 aliphatic heterocycles. The fraction of sp³-hybridized carbons (Fsp3) is 0.412. The molecule has 0 aliphatic carbocycles. The molecular formula is C17H21N5O3. The number of nitrogens with zero attached hydrogens (tertiary/aromatic N) is 2. The van der Waals surface area contributed by atoms with Gasteiger partial charge in [0, 0.05) is 43.8 Å². The van der Waals surface area contributed by atoms with E-state index >= 15 is 0 Å². The Labute approximate surface area is 144 Å². The highest BCUT2D eigenvalue weighted by molar-refractivity contribution is 5.78. The SMILES string of the molecule is Cc1ncc2c(c1CNC(=O)Cc1c[nH]c(=O)n(C)c1=O)CCNC2. The molecule has 0 saturated heterocycles. The molecule has 3 heterocycles. The molecule has 2 aromatic heterocycles. The van der Waals surface area contributed by atoms with Crippen molar-refractivity contribution in [1.29, 1.82) is 0 Å². The molecule has 1 amide bonds. The number of hydrogen-bond acceptors (Lipinski definition) is 5. The molecule has 0 aromatic carbocycles. The largest absolute Gasteiger partial charge is 0.352 e. The molecule has 8 heteroatoms. The average Bonchev–Trinajstić information content (AvgIpc) is 2.61. The van der Waals surface area contributed by atoms with Gasteiger partial charge in [0.05, 0.1) is 6.42 Å². The van der Waals surface area contributed by atoms with Gasteiger partial charge < -0.3 is 15.6 Å². The zero-order valence-corrected chi connectivity index (χ0v) is 14.3. The molecule has 0 spiro atoms. The number of carbonyl (C=O) groups excluding carboxylic acids is 1. The summed E-state index contributed by atoms with van der Waals surface area (Å²) in [5.74, 6) is -0.268. The highest BCUT2D eigenvalue weighted by Gasteiger charge is 2.17. The molecule has 0 radical (unpaired) electrons. The summed E-state index contributed by atoms with van der Waals surface area (Å²) in [4.78, 5) is 42.4. The first kappa shape index (κ1) is 17.1. The van der Waals surface area contributed by atoms with Crippen LogP contribution in [0.5, 0.6) is 0 Å². The van der Waals surface area contributed by atoms with E-state index in [1.807, 2.05) is 13.1 Å². The van der Waals surface area contributed by atoms with Gasteiger partial charge >= 0.3 is 5.69 Å². The zero-order chi connectivity index (χ0) is 18.0. The first-order valence-electron chi connectivity index (χ1n) is 8.18. The standard InChI is InChI=1S/C17H21N5O3/c1-10-14(13-3-4-18-6-12(13)8-19-10)9-20-15(23)5-11-7-21-17(25)22(2)16(11)24/h7-8,18H,3-6,9H2,1-2H3,(H,20,23)(H,21,25). The van der Waals surface area contributed by atoms with Crippen LogP contribution in [-0.2, 0) is 37.8 Å². The van der Waals surface area contributed by atoms with E-state index in [2.05, 4.69) is 20.6 Å². The van der Waals surface area contributed by atoms with Crippen LogP contribution >= 0.6 is 0 Å². The minimum atomic E-state index is -0.500. The summed E-state index contributed by atoms with van der Waals surface area (Å²) in [6, 6.07) is 0. The minimum Gasteiger partial charge on any atom is -0.352 e. The van der Waals surface area contributed by atoms with Gasteiger partial charge in [0.2, 0.25) is 5.91 Å². The lowest BCUT2D eigenvalue weighted by molar-refractivity contribution is -0.120. The Morgan fingerprint density at radius 1 is 1.40 bits per heavy atom. The van der Waals surface area contributed by atoms with Crippen LogP contribution in [0.1, 0.15) is 27.9 Å². The van der Waals surface area contributed by atoms with Gasteiger partial charge in [-0.2, -0.15) is 0 Å². The third kappa shape index (κ3) is 3.53. The van der Waals surface area contributed by atoms with Crippen molar-refractivity contribution < 1.29 is 4.79 Å². The van der Waals surface area contributed by atoms with Gasteiger partial charge in [-0.15, -0.1) is 0 Å². The van der Waals surface area contributed by atoms with Crippen LogP contribution < -0.4 is 21.9 Å². The number of aryl methyl sites for hydroxylation is 1. The Hall–Kier alpha value is -2.74. The van der Waals surface area contributed by atoms with Crippen LogP contribution in [0, 0.1) is 6.92 Å². The predicted octanol–water partition coefficient (Wildman–Crippen LogP) is -0.718. The summed E-state index contributed by atoms with van der Waals surface area (Å²) in [6.45, 7) is 4.01. The molecular weight excluding hydrogens is 322 g/mol. The lowest BCUT2D eigenvalue weighted by Crippen LogP contribution is -2.36. The summed E-state index contributed by atoms with van der Waals surface area (Å²) in [5, 5.41) is 6.17. The Morgan fingerprint density at radius 3 is 3.00 bits per heavy atom. The maximum Gasteiger partial charge on any atom is 0.328 e. The van der Waals surface area contributed by atoms with E-state index in [1.54, 1.807) is 0 Å². The van der Waals surface area contributed by atoms with Gasteiger partial charge in [0.1, 0.15) is 0 Å². The minimum absolute atomic E-state index is 0.0769. The highest BCUT2D eigenvalue weighted by Crippen LogP contribution is 2.20. The van der Waals surface area contributed by atoms with Crippen molar-refractivity contribution in [2.75, 3.05) is 6.54 Å². The van der Waals surface area contributed by atoms with Crippen molar-refractivity contribution in [1.82, 2.24) is 25.2 Å². The van der Waals surface area contributed by atoms with E-state index in [0.29, 0.717) is 6.54 Å². The predicted molar refractivity (Wildman–Crippen MR) is 92.2 cm³/mol. The number of pyridine rings is 1. The molecule has 0 fully saturated rings. The number of amides is 1. The number of carbonyl (C=O) groups is 1. The summed E-state index contributed by atoms with van der Waals surface area (Å²) in [6.07, 6.45) is 4.01. The first-order valence-corrected chi connectivity index (χ1v) is 8.18. The molecule has 2 aromatic rings. The van der Waals surface area contributed by atoms with Gasteiger partial charge in [-0.3, -0.25) is 19.1 Å². The van der Waals surface area contributed by atoms with Crippen LogP contribution in [0.3, 0.4) is 0 Å². The maximum absolute atomic E-state index is 12.2. The van der Waals surface area contributed by atoms with Gasteiger partial charge in [-0.1, -0.05) is 0 Å². The zero-order valence-electron chi connectivity index (χ0n) is 14.3. The van der Waals surface area contributed by atoms with Gasteiger partial charge in [0.25, 0.3) is 5.56 Å². The van der Waals surface area contributed by atoms with Gasteiger partial charge in [0.15, 0.2) is 0 Å². The lowest BCUT2D eigenvalue weighted by Gasteiger charge is -2.21. The summed E-state index contributed by atoms with van der Waals surface area (Å²) < 4.78 is 0.956. The van der Waals surface area contributed by atoms with Crippen molar-refractivity contribution in [3.8, 4) is 0 Å². The topological polar surface area (TPSA) is 109 Å². The van der Waals surface area contributed by atoms with E-state index in [4.69, 9.17) is 0 Å². The van der Waals surface area contributed by atoms with E-state index in [1.165, 1.54) is 18.8 Å². The molecule has 3 N–H and O–H groups in total. The number of rotatable bonds is 4. The number of aromatic amines is 1. The molecule has 132 valence electrons. The molecule has 0 saturated carbocycles. The highest BCUT2D eigenvalue weighted by atomic mass is 16.2. The third-order valence-corrected chi connectivity index (χ3v) is 4.54. The quantitative estimate of drug-likeness (QED) is 0.679. The van der Waals surface area contributed by atoms with E-state index in [-0.39, 0.29) is 17.9 Å². The molecule has 1 aliphatic rings. The van der Waals surface area contributed by atoms with Crippen molar-refractivity contribution in [2.45, 2.75) is 32.9 Å². The van der Waals surface area contributed by atoms with Gasteiger partial charge in [-0.05, 0) is 36.6 Å². The Bertz CT molecular complexity index is 929. The Kier molecular flexibility index (Phi) is 4.80. The van der Waals surface area contributed by atoms with Crippen molar-refractivity contribution in [3.05, 3.63) is 61.2 Å². The monoisotopic (exact) mass is 343 g/mol. The summed E-state index contributed by atoms with van der Waals surface area (Å²) in [5.41, 5.74) is 3.65. The normalized spacial score (nSPS) is 13.4. The smallest absolute Gasteiger partial charge is 0.328 e. The van der Waals surface area contributed by atoms with E-state index in [0.717, 1.165) is 40.9 Å². The Balaban J connectivity index is 1.72. The molecule has 0 atom stereocenters. The number of hydrogen-bond donors (Lipinski definition) is 3. The molecule has 0 unspecified atom stereocenters. The van der Waals surface area contributed by atoms with Crippen molar-refractivity contribution in [2.24, 2.45) is 7.05 Å². The number of nitrogens with one attached hydrogen (secondary N) is 3. The second kappa shape index (κ2) is 7.02. The number of aromatic nitrogens is 3. The molecule has 0 bridgehead atoms. The third-order valence-electron chi connectivity index (χ3n) is 4.54. The summed E-state index contributed by atoms with van der Waals surface area (Å²) >= 11 is 0. The van der Waals surface area contributed by atoms with Gasteiger partial charge in [-0.25, -0.2) is 4.79 Å². The van der Waals surface area contributed by atoms with Crippen molar-refractivity contribution >= 4 is 5.91 Å². The summed E-state index contributed by atoms with van der Waals surface area (Å²) in [7, 11) is 1.38. The molecule has 8 nitrogen and oxygen atoms in total. The lowest BCUT2D eigenvalue weighted by atomic mass is 9.96. The Morgan fingerprint density at radius 2 is 2.20 bits per heavy atom. The van der Waals surface area contributed by atoms with Crippen LogP contribution in [0.2, 0.25) is 0 Å². The van der Waals surface area contributed by atoms with Crippen LogP contribution in [0.4, 0.5) is 0 Å². The first-order chi connectivity index (χ1) is 12.0. The van der Waals surface area contributed by atoms with Crippen LogP contribution in [0.25, 0.3) is 0 Å².